The topological polar surface area (TPSA) is 178 Å². The van der Waals surface area contributed by atoms with Gasteiger partial charge in [0, 0.05) is 6.07 Å². The molecular formula is C11H11K2N3O8S3. The molecule has 0 saturated carbocycles. The molecule has 1 N–H and O–H groups in total. The average molecular weight is 488 g/mol. The number of hydrogen-bond acceptors (Lipinski definition) is 9. The Labute approximate surface area is 241 Å². The second kappa shape index (κ2) is 10.1. The van der Waals surface area contributed by atoms with Crippen LogP contribution in [0.3, 0.4) is 0 Å². The third-order valence-corrected chi connectivity index (χ3v) is 5.13. The molecule has 0 spiro atoms. The third-order valence-electron chi connectivity index (χ3n) is 2.84. The number of anilines is 1. The van der Waals surface area contributed by atoms with Crippen molar-refractivity contribution in [3.63, 3.8) is 0 Å². The van der Waals surface area contributed by atoms with Gasteiger partial charge in [-0.3, -0.25) is 4.72 Å². The molecule has 0 unspecified atom stereocenters. The van der Waals surface area contributed by atoms with Crippen molar-refractivity contribution in [3.8, 4) is 5.69 Å². The van der Waals surface area contributed by atoms with Crippen LogP contribution in [0, 0.1) is 6.92 Å². The summed E-state index contributed by atoms with van der Waals surface area (Å²) in [6, 6.07) is 3.16. The number of benzene rings is 1. The molecule has 0 amide bonds. The number of aryl methyl sites for hydroxylation is 1. The van der Waals surface area contributed by atoms with E-state index in [0.29, 0.717) is 18.2 Å². The normalized spacial score (nSPS) is 12.0. The van der Waals surface area contributed by atoms with Crippen LogP contribution in [0.4, 0.5) is 5.82 Å². The van der Waals surface area contributed by atoms with Crippen LogP contribution in [-0.4, -0.2) is 50.4 Å². The van der Waals surface area contributed by atoms with E-state index >= 15 is 0 Å². The molecule has 0 aliphatic carbocycles. The van der Waals surface area contributed by atoms with Gasteiger partial charge in [0.05, 0.1) is 27.4 Å². The van der Waals surface area contributed by atoms with Crippen LogP contribution in [0.2, 0.25) is 0 Å². The van der Waals surface area contributed by atoms with Crippen LogP contribution in [0.5, 0.6) is 0 Å². The smallest absolute Gasteiger partial charge is 0.744 e. The minimum absolute atomic E-state index is 0. The van der Waals surface area contributed by atoms with Gasteiger partial charge in [0.1, 0.15) is 26.1 Å². The van der Waals surface area contributed by atoms with E-state index in [1.165, 1.54) is 13.0 Å². The van der Waals surface area contributed by atoms with Crippen LogP contribution < -0.4 is 107 Å². The van der Waals surface area contributed by atoms with E-state index < -0.39 is 45.7 Å². The summed E-state index contributed by atoms with van der Waals surface area (Å²) < 4.78 is 93.4. The van der Waals surface area contributed by atoms with Crippen LogP contribution >= 0.6 is 0 Å². The van der Waals surface area contributed by atoms with E-state index in [1.54, 1.807) is 0 Å². The molecule has 16 heteroatoms. The molecule has 2 aromatic rings. The van der Waals surface area contributed by atoms with Crippen molar-refractivity contribution in [2.45, 2.75) is 16.7 Å². The SMILES string of the molecule is Cc1cc(NS(C)(=O)=O)n(-c2cc(S(=O)(=O)[O-])ccc2S(=O)(=O)[O-])n1.[K+].[K+]. The van der Waals surface area contributed by atoms with Gasteiger partial charge in [-0.15, -0.1) is 0 Å². The van der Waals surface area contributed by atoms with Gasteiger partial charge in [0.15, 0.2) is 0 Å². The van der Waals surface area contributed by atoms with Gasteiger partial charge in [-0.05, 0) is 25.1 Å². The van der Waals surface area contributed by atoms with Crippen molar-refractivity contribution < 1.29 is 137 Å². The maximum Gasteiger partial charge on any atom is 1.00 e. The summed E-state index contributed by atoms with van der Waals surface area (Å²) in [5.74, 6) is -0.245. The fraction of sp³-hybridized carbons (Fsp3) is 0.182. The molecule has 1 aromatic carbocycles. The molecule has 27 heavy (non-hydrogen) atoms. The zero-order valence-corrected chi connectivity index (χ0v) is 23.4. The summed E-state index contributed by atoms with van der Waals surface area (Å²) in [5.41, 5.74) is -0.345. The summed E-state index contributed by atoms with van der Waals surface area (Å²) >= 11 is 0. The average Bonchev–Trinajstić information content (AvgIpc) is 2.74. The first-order valence-electron chi connectivity index (χ1n) is 6.29. The number of hydrogen-bond donors (Lipinski definition) is 1. The molecule has 0 saturated heterocycles. The van der Waals surface area contributed by atoms with Gasteiger partial charge in [-0.25, -0.2) is 29.9 Å². The maximum absolute atomic E-state index is 11.4. The molecule has 11 nitrogen and oxygen atoms in total. The Morgan fingerprint density at radius 3 is 1.96 bits per heavy atom. The van der Waals surface area contributed by atoms with E-state index in [9.17, 15) is 34.4 Å². The largest absolute Gasteiger partial charge is 1.00 e. The first kappa shape index (κ1) is 28.3. The summed E-state index contributed by atoms with van der Waals surface area (Å²) in [5, 5.41) is 3.85. The van der Waals surface area contributed by atoms with Crippen molar-refractivity contribution in [1.82, 2.24) is 9.78 Å². The van der Waals surface area contributed by atoms with Gasteiger partial charge in [0.2, 0.25) is 10.0 Å². The molecule has 138 valence electrons. The Morgan fingerprint density at radius 2 is 1.52 bits per heavy atom. The minimum atomic E-state index is -5.08. The Bertz CT molecular complexity index is 1160. The van der Waals surface area contributed by atoms with Gasteiger partial charge < -0.3 is 9.11 Å². The van der Waals surface area contributed by atoms with Gasteiger partial charge in [-0.2, -0.15) is 5.10 Å². The first-order chi connectivity index (χ1) is 11.2. The van der Waals surface area contributed by atoms with Gasteiger partial charge in [-0.1, -0.05) is 0 Å². The molecule has 1 heterocycles. The standard InChI is InChI=1S/C11H13N3O8S3.2K/c1-7-5-11(13-23(2,15)16)14(12-7)9-6-8(24(17,18)19)3-4-10(9)25(20,21)22;;/h3-6,13H,1-2H3,(H,17,18,19)(H,20,21,22);;/q;2*+1/p-2. The van der Waals surface area contributed by atoms with E-state index in [-0.39, 0.29) is 114 Å². The summed E-state index contributed by atoms with van der Waals surface area (Å²) in [4.78, 5) is -1.69. The molecule has 0 aliphatic heterocycles. The third kappa shape index (κ3) is 7.79. The zero-order valence-electron chi connectivity index (χ0n) is 14.7. The minimum Gasteiger partial charge on any atom is -0.744 e. The second-order valence-corrected chi connectivity index (χ2v) is 9.47. The Hall–Kier alpha value is 1.27. The van der Waals surface area contributed by atoms with Crippen LogP contribution in [0.15, 0.2) is 34.1 Å². The second-order valence-electron chi connectivity index (χ2n) is 4.99. The molecule has 0 radical (unpaired) electrons. The van der Waals surface area contributed by atoms with E-state index in [2.05, 4.69) is 9.82 Å². The van der Waals surface area contributed by atoms with Crippen LogP contribution in [0.1, 0.15) is 5.69 Å². The first-order valence-corrected chi connectivity index (χ1v) is 11.0. The monoisotopic (exact) mass is 487 g/mol. The zero-order chi connectivity index (χ0) is 19.2. The van der Waals surface area contributed by atoms with Crippen molar-refractivity contribution in [2.24, 2.45) is 0 Å². The molecule has 0 bridgehead atoms. The fourth-order valence-electron chi connectivity index (χ4n) is 1.98. The number of aromatic nitrogens is 2. The van der Waals surface area contributed by atoms with Gasteiger partial charge in [0.25, 0.3) is 0 Å². The van der Waals surface area contributed by atoms with Crippen molar-refractivity contribution in [1.29, 1.82) is 0 Å². The molecular weight excluding hydrogens is 477 g/mol. The van der Waals surface area contributed by atoms with E-state index in [0.717, 1.165) is 10.9 Å². The number of rotatable bonds is 5. The summed E-state index contributed by atoms with van der Waals surface area (Å²) in [7, 11) is -13.8. The Kier molecular flexibility index (Phi) is 10.5. The molecule has 0 aliphatic rings. The van der Waals surface area contributed by atoms with E-state index in [4.69, 9.17) is 0 Å². The van der Waals surface area contributed by atoms with Crippen molar-refractivity contribution in [2.75, 3.05) is 11.0 Å². The summed E-state index contributed by atoms with van der Waals surface area (Å²) in [6.45, 7) is 1.45. The predicted molar refractivity (Wildman–Crippen MR) is 82.7 cm³/mol. The fourth-order valence-corrected chi connectivity index (χ4v) is 3.63. The van der Waals surface area contributed by atoms with E-state index in [1.807, 2.05) is 0 Å². The van der Waals surface area contributed by atoms with Crippen LogP contribution in [-0.2, 0) is 30.3 Å². The van der Waals surface area contributed by atoms with Crippen molar-refractivity contribution in [3.05, 3.63) is 30.0 Å². The predicted octanol–water partition coefficient (Wildman–Crippen LogP) is -6.63. The molecule has 2 rings (SSSR count). The molecule has 0 atom stereocenters. The number of sulfonamides is 1. The van der Waals surface area contributed by atoms with Crippen molar-refractivity contribution >= 4 is 36.1 Å². The number of nitrogens with one attached hydrogen (secondary N) is 1. The molecule has 0 fully saturated rings. The quantitative estimate of drug-likeness (QED) is 0.317. The van der Waals surface area contributed by atoms with Crippen LogP contribution in [0.25, 0.3) is 5.69 Å². The molecule has 1 aromatic heterocycles. The maximum atomic E-state index is 11.4. The van der Waals surface area contributed by atoms with Gasteiger partial charge >= 0.3 is 103 Å². The Morgan fingerprint density at radius 1 is 0.963 bits per heavy atom. The summed E-state index contributed by atoms with van der Waals surface area (Å²) in [6.07, 6.45) is 0.823. The number of nitrogens with zero attached hydrogens (tertiary/aromatic N) is 2. The Balaban J connectivity index is 0.00000338.